The SMILES string of the molecule is CCC(C)NC(=O)C(Cc1ccccc1)N(Cc1cccc(OC)c1)C(=O)CCCN(c1cc(C)cc(C)c1)S(C)(=O)=O. The zero-order valence-electron chi connectivity index (χ0n) is 26.2. The first kappa shape index (κ1) is 33.6. The van der Waals surface area contributed by atoms with E-state index in [9.17, 15) is 18.0 Å². The number of carbonyl (C=O) groups excluding carboxylic acids is 2. The van der Waals surface area contributed by atoms with Crippen LogP contribution < -0.4 is 14.4 Å². The number of hydrogen-bond donors (Lipinski definition) is 1. The minimum absolute atomic E-state index is 0.0550. The molecule has 0 aromatic heterocycles. The first-order valence-corrected chi connectivity index (χ1v) is 16.6. The second-order valence-corrected chi connectivity index (χ2v) is 13.1. The number of nitrogens with zero attached hydrogens (tertiary/aromatic N) is 2. The first-order valence-electron chi connectivity index (χ1n) is 14.7. The van der Waals surface area contributed by atoms with Gasteiger partial charge in [-0.15, -0.1) is 0 Å². The minimum Gasteiger partial charge on any atom is -0.497 e. The first-order chi connectivity index (χ1) is 20.4. The number of methoxy groups -OCH3 is 1. The maximum absolute atomic E-state index is 14.0. The predicted molar refractivity (Wildman–Crippen MR) is 173 cm³/mol. The van der Waals surface area contributed by atoms with E-state index >= 15 is 0 Å². The second-order valence-electron chi connectivity index (χ2n) is 11.2. The Balaban J connectivity index is 1.92. The minimum atomic E-state index is -3.58. The van der Waals surface area contributed by atoms with E-state index < -0.39 is 16.1 Å². The summed E-state index contributed by atoms with van der Waals surface area (Å²) in [6.07, 6.45) is 2.64. The van der Waals surface area contributed by atoms with E-state index in [1.807, 2.05) is 100 Å². The number of sulfonamides is 1. The van der Waals surface area contributed by atoms with Gasteiger partial charge in [0, 0.05) is 32.0 Å². The van der Waals surface area contributed by atoms with Gasteiger partial charge in [0.15, 0.2) is 0 Å². The summed E-state index contributed by atoms with van der Waals surface area (Å²) in [6.45, 7) is 8.14. The Bertz CT molecular complexity index is 1460. The molecule has 3 aromatic rings. The molecule has 43 heavy (non-hydrogen) atoms. The summed E-state index contributed by atoms with van der Waals surface area (Å²) in [6, 6.07) is 21.9. The van der Waals surface area contributed by atoms with Crippen molar-refractivity contribution < 1.29 is 22.7 Å². The van der Waals surface area contributed by atoms with Crippen LogP contribution in [0.5, 0.6) is 5.75 Å². The quantitative estimate of drug-likeness (QED) is 0.249. The van der Waals surface area contributed by atoms with Crippen molar-refractivity contribution in [1.29, 1.82) is 0 Å². The molecule has 1 N–H and O–H groups in total. The number of carbonyl (C=O) groups is 2. The number of benzene rings is 3. The average Bonchev–Trinajstić information content (AvgIpc) is 2.96. The zero-order chi connectivity index (χ0) is 31.6. The van der Waals surface area contributed by atoms with Crippen molar-refractivity contribution in [2.45, 2.75) is 72.0 Å². The van der Waals surface area contributed by atoms with E-state index in [2.05, 4.69) is 5.32 Å². The van der Waals surface area contributed by atoms with Gasteiger partial charge in [-0.2, -0.15) is 0 Å². The normalized spacial score (nSPS) is 12.7. The standard InChI is InChI=1S/C34H45N3O5S/c1-7-27(4)35-34(39)32(23-28-13-9-8-10-14-28)36(24-29-15-11-16-31(22-29)42-5)33(38)17-12-18-37(43(6,40)41)30-20-25(2)19-26(3)21-30/h8-11,13-16,19-22,27,32H,7,12,17-18,23-24H2,1-6H3,(H,35,39). The maximum atomic E-state index is 14.0. The third kappa shape index (κ3) is 10.1. The Kier molecular flexibility index (Phi) is 12.2. The molecule has 3 rings (SSSR count). The highest BCUT2D eigenvalue weighted by molar-refractivity contribution is 7.92. The molecule has 8 nitrogen and oxygen atoms in total. The molecule has 9 heteroatoms. The van der Waals surface area contributed by atoms with Crippen LogP contribution in [-0.2, 0) is 32.6 Å². The molecule has 0 saturated carbocycles. The van der Waals surface area contributed by atoms with Gasteiger partial charge >= 0.3 is 0 Å². The highest BCUT2D eigenvalue weighted by Crippen LogP contribution is 2.23. The molecular formula is C34H45N3O5S. The lowest BCUT2D eigenvalue weighted by molar-refractivity contribution is -0.141. The monoisotopic (exact) mass is 607 g/mol. The highest BCUT2D eigenvalue weighted by atomic mass is 32.2. The molecule has 0 bridgehead atoms. The molecule has 0 heterocycles. The van der Waals surface area contributed by atoms with Crippen LogP contribution in [0, 0.1) is 13.8 Å². The van der Waals surface area contributed by atoms with E-state index in [0.29, 0.717) is 24.3 Å². The van der Waals surface area contributed by atoms with Crippen LogP contribution in [0.3, 0.4) is 0 Å². The van der Waals surface area contributed by atoms with Crippen LogP contribution in [0.4, 0.5) is 5.69 Å². The number of aryl methyl sites for hydroxylation is 2. The van der Waals surface area contributed by atoms with Crippen molar-refractivity contribution in [3.05, 3.63) is 95.1 Å². The van der Waals surface area contributed by atoms with E-state index in [0.717, 1.165) is 28.7 Å². The molecule has 0 aliphatic heterocycles. The summed E-state index contributed by atoms with van der Waals surface area (Å²) in [5.41, 5.74) is 4.26. The van der Waals surface area contributed by atoms with Crippen LogP contribution in [0.25, 0.3) is 0 Å². The highest BCUT2D eigenvalue weighted by Gasteiger charge is 2.31. The van der Waals surface area contributed by atoms with E-state index in [-0.39, 0.29) is 37.4 Å². The van der Waals surface area contributed by atoms with Crippen LogP contribution >= 0.6 is 0 Å². The lowest BCUT2D eigenvalue weighted by atomic mass is 10.0. The van der Waals surface area contributed by atoms with E-state index in [1.54, 1.807) is 12.0 Å². The number of nitrogens with one attached hydrogen (secondary N) is 1. The van der Waals surface area contributed by atoms with Gasteiger partial charge in [-0.05, 0) is 80.1 Å². The van der Waals surface area contributed by atoms with E-state index in [1.165, 1.54) is 10.6 Å². The van der Waals surface area contributed by atoms with Crippen LogP contribution in [0.2, 0.25) is 0 Å². The fourth-order valence-corrected chi connectivity index (χ4v) is 6.01. The maximum Gasteiger partial charge on any atom is 0.243 e. The number of anilines is 1. The number of ether oxygens (including phenoxy) is 1. The van der Waals surface area contributed by atoms with Crippen molar-refractivity contribution >= 4 is 27.5 Å². The molecule has 0 radical (unpaired) electrons. The summed E-state index contributed by atoms with van der Waals surface area (Å²) < 4.78 is 32.3. The van der Waals surface area contributed by atoms with Crippen molar-refractivity contribution in [2.24, 2.45) is 0 Å². The average molecular weight is 608 g/mol. The fraction of sp³-hybridized carbons (Fsp3) is 0.412. The molecule has 2 unspecified atom stereocenters. The van der Waals surface area contributed by atoms with Crippen molar-refractivity contribution in [1.82, 2.24) is 10.2 Å². The van der Waals surface area contributed by atoms with Crippen LogP contribution in [0.1, 0.15) is 55.4 Å². The van der Waals surface area contributed by atoms with Crippen LogP contribution in [0.15, 0.2) is 72.8 Å². The Morgan fingerprint density at radius 2 is 1.58 bits per heavy atom. The Morgan fingerprint density at radius 1 is 0.930 bits per heavy atom. The lowest BCUT2D eigenvalue weighted by Gasteiger charge is -2.33. The van der Waals surface area contributed by atoms with Crippen molar-refractivity contribution in [3.63, 3.8) is 0 Å². The topological polar surface area (TPSA) is 96.0 Å². The van der Waals surface area contributed by atoms with Gasteiger partial charge in [0.25, 0.3) is 0 Å². The fourth-order valence-electron chi connectivity index (χ4n) is 5.06. The third-order valence-corrected chi connectivity index (χ3v) is 8.60. The molecule has 3 aromatic carbocycles. The van der Waals surface area contributed by atoms with Gasteiger partial charge in [0.2, 0.25) is 21.8 Å². The molecule has 0 spiro atoms. The van der Waals surface area contributed by atoms with Gasteiger partial charge in [0.1, 0.15) is 11.8 Å². The second kappa shape index (κ2) is 15.6. The Hall–Kier alpha value is -3.85. The third-order valence-electron chi connectivity index (χ3n) is 7.41. The number of hydrogen-bond acceptors (Lipinski definition) is 5. The molecule has 2 amide bonds. The van der Waals surface area contributed by atoms with E-state index in [4.69, 9.17) is 4.74 Å². The Morgan fingerprint density at radius 3 is 2.19 bits per heavy atom. The largest absolute Gasteiger partial charge is 0.497 e. The molecule has 0 aliphatic rings. The Labute approximate surface area is 257 Å². The van der Waals surface area contributed by atoms with Gasteiger partial charge in [-0.3, -0.25) is 13.9 Å². The van der Waals surface area contributed by atoms with Gasteiger partial charge in [-0.1, -0.05) is 55.5 Å². The van der Waals surface area contributed by atoms with Gasteiger partial charge in [-0.25, -0.2) is 8.42 Å². The van der Waals surface area contributed by atoms with Crippen molar-refractivity contribution in [2.75, 3.05) is 24.2 Å². The molecular weight excluding hydrogens is 562 g/mol. The molecule has 232 valence electrons. The summed E-state index contributed by atoms with van der Waals surface area (Å²) in [5.74, 6) is 0.213. The molecule has 0 aliphatic carbocycles. The van der Waals surface area contributed by atoms with Gasteiger partial charge < -0.3 is 15.0 Å². The van der Waals surface area contributed by atoms with Crippen molar-refractivity contribution in [3.8, 4) is 5.75 Å². The summed E-state index contributed by atoms with van der Waals surface area (Å²) in [4.78, 5) is 29.4. The summed E-state index contributed by atoms with van der Waals surface area (Å²) in [7, 11) is -2.00. The lowest BCUT2D eigenvalue weighted by Crippen LogP contribution is -2.52. The number of amides is 2. The smallest absolute Gasteiger partial charge is 0.243 e. The molecule has 0 saturated heterocycles. The molecule has 2 atom stereocenters. The zero-order valence-corrected chi connectivity index (χ0v) is 27.0. The van der Waals surface area contributed by atoms with Crippen LogP contribution in [-0.4, -0.2) is 57.1 Å². The number of rotatable bonds is 15. The summed E-state index contributed by atoms with van der Waals surface area (Å²) >= 11 is 0. The summed E-state index contributed by atoms with van der Waals surface area (Å²) in [5, 5.41) is 3.07. The predicted octanol–water partition coefficient (Wildman–Crippen LogP) is 5.41. The molecule has 0 fully saturated rings. The van der Waals surface area contributed by atoms with Gasteiger partial charge in [0.05, 0.1) is 19.1 Å².